The van der Waals surface area contributed by atoms with Crippen molar-refractivity contribution < 1.29 is 14.3 Å². The minimum absolute atomic E-state index is 0.0710. The fourth-order valence-corrected chi connectivity index (χ4v) is 3.34. The summed E-state index contributed by atoms with van der Waals surface area (Å²) in [6.45, 7) is 2.04. The van der Waals surface area contributed by atoms with Crippen molar-refractivity contribution in [3.63, 3.8) is 0 Å². The lowest BCUT2D eigenvalue weighted by Gasteiger charge is -2.29. The minimum atomic E-state index is -0.142. The number of hydrogen-bond acceptors (Lipinski definition) is 5. The highest BCUT2D eigenvalue weighted by molar-refractivity contribution is 5.97. The Kier molecular flexibility index (Phi) is 6.03. The summed E-state index contributed by atoms with van der Waals surface area (Å²) in [6.07, 6.45) is 3.50. The Balaban J connectivity index is 1.23. The largest absolute Gasteiger partial charge is 0.490 e. The number of carbonyl (C=O) groups is 2. The first-order valence-electron chi connectivity index (χ1n) is 9.88. The van der Waals surface area contributed by atoms with Gasteiger partial charge in [-0.25, -0.2) is 9.67 Å². The highest BCUT2D eigenvalue weighted by Gasteiger charge is 2.23. The van der Waals surface area contributed by atoms with Gasteiger partial charge in [-0.2, -0.15) is 5.10 Å². The molecule has 2 heterocycles. The van der Waals surface area contributed by atoms with Gasteiger partial charge in [-0.05, 0) is 23.3 Å². The third kappa shape index (κ3) is 4.83. The van der Waals surface area contributed by atoms with Gasteiger partial charge in [0.25, 0.3) is 0 Å². The molecule has 0 saturated carbocycles. The second kappa shape index (κ2) is 9.21. The van der Waals surface area contributed by atoms with E-state index in [0.29, 0.717) is 32.0 Å². The molecule has 1 aliphatic heterocycles. The van der Waals surface area contributed by atoms with Crippen molar-refractivity contribution in [2.45, 2.75) is 25.9 Å². The Labute approximate surface area is 174 Å². The molecular formula is C22H23N5O3. The lowest BCUT2D eigenvalue weighted by atomic mass is 10.1. The van der Waals surface area contributed by atoms with Crippen LogP contribution >= 0.6 is 0 Å². The number of amides is 2. The molecular weight excluding hydrogens is 382 g/mol. The van der Waals surface area contributed by atoms with Gasteiger partial charge < -0.3 is 15.0 Å². The van der Waals surface area contributed by atoms with E-state index in [4.69, 9.17) is 4.74 Å². The van der Waals surface area contributed by atoms with E-state index in [1.807, 2.05) is 48.5 Å². The molecule has 0 unspecified atom stereocenters. The lowest BCUT2D eigenvalue weighted by Crippen LogP contribution is -2.38. The highest BCUT2D eigenvalue weighted by Crippen LogP contribution is 2.31. The van der Waals surface area contributed by atoms with Gasteiger partial charge in [0.15, 0.2) is 0 Å². The Hall–Kier alpha value is -3.68. The molecule has 1 aliphatic rings. The van der Waals surface area contributed by atoms with E-state index in [-0.39, 0.29) is 24.7 Å². The van der Waals surface area contributed by atoms with E-state index >= 15 is 0 Å². The van der Waals surface area contributed by atoms with Crippen LogP contribution in [0.4, 0.5) is 5.69 Å². The average Bonchev–Trinajstić information content (AvgIpc) is 3.29. The topological polar surface area (TPSA) is 89.4 Å². The number of nitrogens with zero attached hydrogens (tertiary/aromatic N) is 4. The predicted octanol–water partition coefficient (Wildman–Crippen LogP) is 2.15. The van der Waals surface area contributed by atoms with Crippen molar-refractivity contribution in [3.8, 4) is 5.75 Å². The normalized spacial score (nSPS) is 12.7. The Morgan fingerprint density at radius 1 is 1.03 bits per heavy atom. The number of benzene rings is 2. The lowest BCUT2D eigenvalue weighted by molar-refractivity contribution is -0.125. The van der Waals surface area contributed by atoms with Crippen LogP contribution in [0.5, 0.6) is 5.75 Å². The summed E-state index contributed by atoms with van der Waals surface area (Å²) >= 11 is 0. The summed E-state index contributed by atoms with van der Waals surface area (Å²) in [4.78, 5) is 30.4. The summed E-state index contributed by atoms with van der Waals surface area (Å²) in [5, 5.41) is 6.96. The third-order valence-electron chi connectivity index (χ3n) is 4.92. The van der Waals surface area contributed by atoms with Crippen molar-refractivity contribution in [2.24, 2.45) is 0 Å². The van der Waals surface area contributed by atoms with E-state index in [1.54, 1.807) is 15.9 Å². The number of anilines is 1. The quantitative estimate of drug-likeness (QED) is 0.651. The summed E-state index contributed by atoms with van der Waals surface area (Å²) < 4.78 is 7.32. The molecule has 4 rings (SSSR count). The van der Waals surface area contributed by atoms with Crippen LogP contribution in [0.1, 0.15) is 24.0 Å². The number of ether oxygens (including phenoxy) is 1. The van der Waals surface area contributed by atoms with Crippen LogP contribution in [0, 0.1) is 0 Å². The van der Waals surface area contributed by atoms with E-state index in [9.17, 15) is 9.59 Å². The first kappa shape index (κ1) is 19.6. The molecule has 0 aliphatic carbocycles. The molecule has 0 saturated heterocycles. The number of aromatic nitrogens is 3. The van der Waals surface area contributed by atoms with Crippen LogP contribution in [0.15, 0.2) is 61.2 Å². The molecule has 1 aromatic heterocycles. The SMILES string of the molecule is O=C(CCC(=O)N1CCOc2ccccc21)NCc1ccc(Cn2cncn2)cc1. The molecule has 0 atom stereocenters. The maximum atomic E-state index is 12.6. The number of hydrogen-bond donors (Lipinski definition) is 1. The Bertz CT molecular complexity index is 1000. The van der Waals surface area contributed by atoms with Crippen LogP contribution in [-0.2, 0) is 22.7 Å². The monoisotopic (exact) mass is 405 g/mol. The van der Waals surface area contributed by atoms with Crippen LogP contribution in [0.25, 0.3) is 0 Å². The van der Waals surface area contributed by atoms with Crippen LogP contribution < -0.4 is 15.0 Å². The maximum Gasteiger partial charge on any atom is 0.227 e. The summed E-state index contributed by atoms with van der Waals surface area (Å²) in [6, 6.07) is 15.4. The first-order valence-corrected chi connectivity index (χ1v) is 9.88. The minimum Gasteiger partial charge on any atom is -0.490 e. The number of carbonyl (C=O) groups excluding carboxylic acids is 2. The third-order valence-corrected chi connectivity index (χ3v) is 4.92. The van der Waals surface area contributed by atoms with E-state index in [0.717, 1.165) is 16.8 Å². The second-order valence-electron chi connectivity index (χ2n) is 7.05. The van der Waals surface area contributed by atoms with Crippen molar-refractivity contribution in [2.75, 3.05) is 18.1 Å². The smallest absolute Gasteiger partial charge is 0.227 e. The first-order chi connectivity index (χ1) is 14.7. The van der Waals surface area contributed by atoms with Gasteiger partial charge in [-0.1, -0.05) is 36.4 Å². The van der Waals surface area contributed by atoms with Gasteiger partial charge in [0.2, 0.25) is 11.8 Å². The molecule has 0 fully saturated rings. The highest BCUT2D eigenvalue weighted by atomic mass is 16.5. The zero-order chi connectivity index (χ0) is 20.8. The molecule has 30 heavy (non-hydrogen) atoms. The molecule has 2 amide bonds. The van der Waals surface area contributed by atoms with Gasteiger partial charge in [0.1, 0.15) is 25.0 Å². The molecule has 8 nitrogen and oxygen atoms in total. The molecule has 0 bridgehead atoms. The molecule has 0 radical (unpaired) electrons. The zero-order valence-electron chi connectivity index (χ0n) is 16.5. The van der Waals surface area contributed by atoms with Gasteiger partial charge >= 0.3 is 0 Å². The van der Waals surface area contributed by atoms with E-state index in [2.05, 4.69) is 15.4 Å². The van der Waals surface area contributed by atoms with Gasteiger partial charge in [0, 0.05) is 19.4 Å². The molecule has 1 N–H and O–H groups in total. The standard InChI is InChI=1S/C22H23N5O3/c28-21(9-10-22(29)27-11-12-30-20-4-2-1-3-19(20)27)24-13-17-5-7-18(8-6-17)14-26-16-23-15-25-26/h1-8,15-16H,9-14H2,(H,24,28). The molecule has 8 heteroatoms. The fourth-order valence-electron chi connectivity index (χ4n) is 3.34. The average molecular weight is 405 g/mol. The van der Waals surface area contributed by atoms with E-state index < -0.39 is 0 Å². The second-order valence-corrected chi connectivity index (χ2v) is 7.05. The Morgan fingerprint density at radius 2 is 1.83 bits per heavy atom. The Morgan fingerprint density at radius 3 is 2.63 bits per heavy atom. The fraction of sp³-hybridized carbons (Fsp3) is 0.273. The molecule has 3 aromatic rings. The van der Waals surface area contributed by atoms with E-state index in [1.165, 1.54) is 6.33 Å². The van der Waals surface area contributed by atoms with Crippen LogP contribution in [-0.4, -0.2) is 39.7 Å². The number of rotatable bonds is 7. The van der Waals surface area contributed by atoms with Gasteiger partial charge in [0.05, 0.1) is 18.8 Å². The summed E-state index contributed by atoms with van der Waals surface area (Å²) in [5.41, 5.74) is 2.87. The number of para-hydroxylation sites is 2. The van der Waals surface area contributed by atoms with Crippen LogP contribution in [0.2, 0.25) is 0 Å². The maximum absolute atomic E-state index is 12.6. The summed E-state index contributed by atoms with van der Waals surface area (Å²) in [7, 11) is 0. The predicted molar refractivity (Wildman–Crippen MR) is 111 cm³/mol. The van der Waals surface area contributed by atoms with Crippen molar-refractivity contribution in [1.82, 2.24) is 20.1 Å². The van der Waals surface area contributed by atoms with Gasteiger partial charge in [-0.3, -0.25) is 9.59 Å². The molecule has 2 aromatic carbocycles. The van der Waals surface area contributed by atoms with Crippen LogP contribution in [0.3, 0.4) is 0 Å². The summed E-state index contributed by atoms with van der Waals surface area (Å²) in [5.74, 6) is 0.490. The van der Waals surface area contributed by atoms with Gasteiger partial charge in [-0.15, -0.1) is 0 Å². The molecule has 154 valence electrons. The molecule has 0 spiro atoms. The van der Waals surface area contributed by atoms with Crippen molar-refractivity contribution >= 4 is 17.5 Å². The van der Waals surface area contributed by atoms with Crippen molar-refractivity contribution in [3.05, 3.63) is 72.3 Å². The number of fused-ring (bicyclic) bond motifs is 1. The number of nitrogens with one attached hydrogen (secondary N) is 1. The zero-order valence-corrected chi connectivity index (χ0v) is 16.5. The van der Waals surface area contributed by atoms with Crippen molar-refractivity contribution in [1.29, 1.82) is 0 Å².